The lowest BCUT2D eigenvalue weighted by molar-refractivity contribution is 0.252. The van der Waals surface area contributed by atoms with Crippen LogP contribution < -0.4 is 14.9 Å². The summed E-state index contributed by atoms with van der Waals surface area (Å²) in [5, 5.41) is 5.11. The number of rotatable bonds is 8. The molecule has 0 saturated carbocycles. The summed E-state index contributed by atoms with van der Waals surface area (Å²) in [6.07, 6.45) is 0.669. The van der Waals surface area contributed by atoms with Gasteiger partial charge in [0.15, 0.2) is 0 Å². The van der Waals surface area contributed by atoms with E-state index in [-0.39, 0.29) is 23.2 Å². The first-order valence-corrected chi connectivity index (χ1v) is 13.3. The largest absolute Gasteiger partial charge is 0.337 e. The van der Waals surface area contributed by atoms with Gasteiger partial charge >= 0.3 is 6.03 Å². The van der Waals surface area contributed by atoms with Crippen LogP contribution in [-0.4, -0.2) is 59.1 Å². The minimum absolute atomic E-state index is 0.0571. The molecule has 1 heterocycles. The zero-order valence-corrected chi connectivity index (χ0v) is 19.9. The molecule has 2 N–H and O–H groups in total. The van der Waals surface area contributed by atoms with E-state index < -0.39 is 26.1 Å². The van der Waals surface area contributed by atoms with Crippen LogP contribution in [-0.2, 0) is 26.5 Å². The number of urea groups is 1. The quantitative estimate of drug-likeness (QED) is 0.601. The lowest BCUT2D eigenvalue weighted by Crippen LogP contribution is -2.38. The Morgan fingerprint density at radius 1 is 1.06 bits per heavy atom. The number of fused-ring (bicyclic) bond motifs is 1. The zero-order valence-electron chi connectivity index (χ0n) is 18.3. The highest BCUT2D eigenvalue weighted by Gasteiger charge is 2.28. The Balaban J connectivity index is 1.53. The van der Waals surface area contributed by atoms with Crippen LogP contribution in [0.4, 0.5) is 16.2 Å². The molecular weight excluding hydrogens is 452 g/mol. The van der Waals surface area contributed by atoms with Gasteiger partial charge in [-0.1, -0.05) is 18.2 Å². The molecule has 174 valence electrons. The van der Waals surface area contributed by atoms with Crippen LogP contribution in [0.1, 0.15) is 19.4 Å². The maximum atomic E-state index is 12.7. The summed E-state index contributed by atoms with van der Waals surface area (Å²) in [5.41, 5.74) is 2.08. The van der Waals surface area contributed by atoms with E-state index in [1.165, 1.54) is 39.9 Å². The van der Waals surface area contributed by atoms with Crippen LogP contribution in [0.2, 0.25) is 0 Å². The van der Waals surface area contributed by atoms with Gasteiger partial charge in [0.2, 0.25) is 20.0 Å². The SMILES string of the molecule is CC(C)N(C)S(=O)(=O)c1ccc(NC(=O)NCCS(=O)(=O)N2CCc3ccccc32)cc1. The summed E-state index contributed by atoms with van der Waals surface area (Å²) in [5.74, 6) is -0.229. The average molecular weight is 481 g/mol. The molecule has 9 nitrogen and oxygen atoms in total. The number of sulfonamides is 2. The lowest BCUT2D eigenvalue weighted by atomic mass is 10.2. The number of para-hydroxylation sites is 1. The molecule has 1 aliphatic heterocycles. The third-order valence-corrected chi connectivity index (χ3v) is 9.16. The van der Waals surface area contributed by atoms with E-state index in [1.54, 1.807) is 26.0 Å². The van der Waals surface area contributed by atoms with Crippen LogP contribution >= 0.6 is 0 Å². The Morgan fingerprint density at radius 2 is 1.72 bits per heavy atom. The first kappa shape index (κ1) is 24.0. The number of nitrogens with zero attached hydrogens (tertiary/aromatic N) is 2. The number of carbonyl (C=O) groups is 1. The molecule has 11 heteroatoms. The van der Waals surface area contributed by atoms with Crippen molar-refractivity contribution in [3.8, 4) is 0 Å². The predicted octanol–water partition coefficient (Wildman–Crippen LogP) is 2.23. The number of nitrogens with one attached hydrogen (secondary N) is 2. The van der Waals surface area contributed by atoms with E-state index in [0.717, 1.165) is 5.56 Å². The molecule has 0 aromatic heterocycles. The number of amides is 2. The molecular formula is C21H28N4O5S2. The Labute approximate surface area is 189 Å². The van der Waals surface area contributed by atoms with Crippen molar-refractivity contribution < 1.29 is 21.6 Å². The molecule has 0 atom stereocenters. The number of benzene rings is 2. The van der Waals surface area contributed by atoms with Gasteiger partial charge in [0.05, 0.1) is 16.3 Å². The zero-order chi connectivity index (χ0) is 23.5. The van der Waals surface area contributed by atoms with E-state index in [2.05, 4.69) is 10.6 Å². The summed E-state index contributed by atoms with van der Waals surface area (Å²) < 4.78 is 53.0. The fraction of sp³-hybridized carbons (Fsp3) is 0.381. The highest BCUT2D eigenvalue weighted by molar-refractivity contribution is 7.92. The van der Waals surface area contributed by atoms with Crippen molar-refractivity contribution in [2.24, 2.45) is 0 Å². The molecule has 0 aliphatic carbocycles. The highest BCUT2D eigenvalue weighted by atomic mass is 32.2. The number of hydrogen-bond donors (Lipinski definition) is 2. The molecule has 0 bridgehead atoms. The molecule has 2 aromatic carbocycles. The van der Waals surface area contributed by atoms with Gasteiger partial charge < -0.3 is 10.6 Å². The minimum atomic E-state index is -3.61. The second-order valence-electron chi connectivity index (χ2n) is 7.79. The molecule has 3 rings (SSSR count). The third-order valence-electron chi connectivity index (χ3n) is 5.34. The van der Waals surface area contributed by atoms with E-state index >= 15 is 0 Å². The molecule has 32 heavy (non-hydrogen) atoms. The molecule has 0 spiro atoms. The molecule has 0 unspecified atom stereocenters. The maximum absolute atomic E-state index is 12.7. The standard InChI is InChI=1S/C21H28N4O5S2/c1-16(2)24(3)32(29,30)19-10-8-18(9-11-19)23-21(26)22-13-15-31(27,28)25-14-12-17-6-4-5-7-20(17)25/h4-11,16H,12-15H2,1-3H3,(H2,22,23,26). The lowest BCUT2D eigenvalue weighted by Gasteiger charge is -2.21. The van der Waals surface area contributed by atoms with Crippen molar-refractivity contribution >= 4 is 37.5 Å². The van der Waals surface area contributed by atoms with Gasteiger partial charge in [-0.3, -0.25) is 4.31 Å². The van der Waals surface area contributed by atoms with Gasteiger partial charge in [-0.05, 0) is 56.2 Å². The van der Waals surface area contributed by atoms with Gasteiger partial charge in [0.1, 0.15) is 0 Å². The third kappa shape index (κ3) is 5.22. The topological polar surface area (TPSA) is 116 Å². The molecule has 1 aliphatic rings. The fourth-order valence-corrected chi connectivity index (χ4v) is 6.13. The number of hydrogen-bond acceptors (Lipinski definition) is 5. The van der Waals surface area contributed by atoms with Crippen LogP contribution in [0.3, 0.4) is 0 Å². The van der Waals surface area contributed by atoms with E-state index in [4.69, 9.17) is 0 Å². The monoisotopic (exact) mass is 480 g/mol. The van der Waals surface area contributed by atoms with Crippen LogP contribution in [0.25, 0.3) is 0 Å². The summed E-state index contributed by atoms with van der Waals surface area (Å²) in [6.45, 7) is 3.90. The summed E-state index contributed by atoms with van der Waals surface area (Å²) >= 11 is 0. The molecule has 0 fully saturated rings. The summed E-state index contributed by atoms with van der Waals surface area (Å²) in [7, 11) is -5.66. The second-order valence-corrected chi connectivity index (χ2v) is 11.8. The summed E-state index contributed by atoms with van der Waals surface area (Å²) in [4.78, 5) is 12.3. The maximum Gasteiger partial charge on any atom is 0.319 e. The van der Waals surface area contributed by atoms with Crippen molar-refractivity contribution in [2.75, 3.05) is 35.5 Å². The Bertz CT molecular complexity index is 1180. The minimum Gasteiger partial charge on any atom is -0.337 e. The predicted molar refractivity (Wildman–Crippen MR) is 125 cm³/mol. The van der Waals surface area contributed by atoms with Gasteiger partial charge in [0.25, 0.3) is 0 Å². The van der Waals surface area contributed by atoms with E-state index in [9.17, 15) is 21.6 Å². The smallest absolute Gasteiger partial charge is 0.319 e. The number of anilines is 2. The van der Waals surface area contributed by atoms with Crippen molar-refractivity contribution in [3.63, 3.8) is 0 Å². The van der Waals surface area contributed by atoms with Gasteiger partial charge in [-0.25, -0.2) is 21.6 Å². The van der Waals surface area contributed by atoms with Crippen molar-refractivity contribution in [3.05, 3.63) is 54.1 Å². The van der Waals surface area contributed by atoms with Crippen molar-refractivity contribution in [1.82, 2.24) is 9.62 Å². The average Bonchev–Trinajstić information content (AvgIpc) is 3.18. The highest BCUT2D eigenvalue weighted by Crippen LogP contribution is 2.29. The Kier molecular flexibility index (Phi) is 7.11. The normalized spacial score (nSPS) is 14.0. The number of carbonyl (C=O) groups excluding carboxylic acids is 1. The molecule has 0 saturated heterocycles. The molecule has 2 amide bonds. The van der Waals surface area contributed by atoms with E-state index in [0.29, 0.717) is 24.3 Å². The first-order valence-electron chi connectivity index (χ1n) is 10.2. The van der Waals surface area contributed by atoms with Crippen molar-refractivity contribution in [1.29, 1.82) is 0 Å². The Morgan fingerprint density at radius 3 is 2.38 bits per heavy atom. The Hall–Kier alpha value is -2.63. The van der Waals surface area contributed by atoms with Crippen molar-refractivity contribution in [2.45, 2.75) is 31.2 Å². The van der Waals surface area contributed by atoms with Crippen LogP contribution in [0.5, 0.6) is 0 Å². The van der Waals surface area contributed by atoms with Gasteiger partial charge in [-0.2, -0.15) is 4.31 Å². The van der Waals surface area contributed by atoms with E-state index in [1.807, 2.05) is 12.1 Å². The molecule has 0 radical (unpaired) electrons. The first-order chi connectivity index (χ1) is 15.0. The summed E-state index contributed by atoms with van der Waals surface area (Å²) in [6, 6.07) is 12.4. The van der Waals surface area contributed by atoms with Crippen LogP contribution in [0.15, 0.2) is 53.4 Å². The van der Waals surface area contributed by atoms with Gasteiger partial charge in [0, 0.05) is 31.9 Å². The second kappa shape index (κ2) is 9.47. The van der Waals surface area contributed by atoms with Gasteiger partial charge in [-0.15, -0.1) is 0 Å². The van der Waals surface area contributed by atoms with Crippen LogP contribution in [0, 0.1) is 0 Å². The molecule has 2 aromatic rings. The fourth-order valence-electron chi connectivity index (χ4n) is 3.33.